The fraction of sp³-hybridized carbons (Fsp3) is 0.300. The van der Waals surface area contributed by atoms with Crippen molar-refractivity contribution in [3.63, 3.8) is 0 Å². The average molecular weight is 276 g/mol. The van der Waals surface area contributed by atoms with Gasteiger partial charge in [-0.2, -0.15) is 0 Å². The fourth-order valence-electron chi connectivity index (χ4n) is 1.25. The van der Waals surface area contributed by atoms with Crippen molar-refractivity contribution in [2.45, 2.75) is 19.4 Å². The molecule has 82 valence electrons. The predicted molar refractivity (Wildman–Crippen MR) is 58.2 cm³/mol. The van der Waals surface area contributed by atoms with Crippen LogP contribution in [0.4, 0.5) is 4.39 Å². The first kappa shape index (κ1) is 12.1. The van der Waals surface area contributed by atoms with Gasteiger partial charge in [0.15, 0.2) is 0 Å². The fourth-order valence-corrected chi connectivity index (χ4v) is 1.85. The highest BCUT2D eigenvalue weighted by Crippen LogP contribution is 2.24. The molecule has 0 amide bonds. The van der Waals surface area contributed by atoms with E-state index in [4.69, 9.17) is 10.8 Å². The molecule has 1 aromatic carbocycles. The van der Waals surface area contributed by atoms with E-state index >= 15 is 0 Å². The molecule has 0 saturated carbocycles. The van der Waals surface area contributed by atoms with Gasteiger partial charge in [0.05, 0.1) is 4.47 Å². The summed E-state index contributed by atoms with van der Waals surface area (Å²) in [6.07, 6.45) is 0.111. The number of rotatable bonds is 3. The molecule has 0 heterocycles. The zero-order valence-electron chi connectivity index (χ0n) is 8.13. The number of nitrogens with two attached hydrogens (primary N) is 1. The van der Waals surface area contributed by atoms with Crippen molar-refractivity contribution >= 4 is 21.9 Å². The maximum absolute atomic E-state index is 13.2. The molecule has 0 fully saturated rings. The Kier molecular flexibility index (Phi) is 3.82. The lowest BCUT2D eigenvalue weighted by Gasteiger charge is -2.11. The van der Waals surface area contributed by atoms with Crippen LogP contribution in [0.2, 0.25) is 0 Å². The highest BCUT2D eigenvalue weighted by Gasteiger charge is 2.17. The summed E-state index contributed by atoms with van der Waals surface area (Å²) in [5.74, 6) is -1.50. The maximum atomic E-state index is 13.2. The Morgan fingerprint density at radius 2 is 2.27 bits per heavy atom. The van der Waals surface area contributed by atoms with E-state index in [2.05, 4.69) is 15.9 Å². The van der Waals surface area contributed by atoms with E-state index < -0.39 is 17.8 Å². The molecule has 0 aliphatic heterocycles. The second kappa shape index (κ2) is 4.72. The van der Waals surface area contributed by atoms with Crippen LogP contribution in [0.1, 0.15) is 11.1 Å². The summed E-state index contributed by atoms with van der Waals surface area (Å²) < 4.78 is 13.5. The Balaban J connectivity index is 3.03. The van der Waals surface area contributed by atoms with Crippen LogP contribution in [-0.4, -0.2) is 17.1 Å². The molecule has 0 bridgehead atoms. The molecule has 1 unspecified atom stereocenters. The second-order valence-corrected chi connectivity index (χ2v) is 4.10. The number of carboxylic acids is 1. The van der Waals surface area contributed by atoms with E-state index in [9.17, 15) is 9.18 Å². The highest BCUT2D eigenvalue weighted by molar-refractivity contribution is 9.10. The Bertz CT molecular complexity index is 395. The molecule has 1 aromatic rings. The van der Waals surface area contributed by atoms with Crippen LogP contribution in [0.15, 0.2) is 16.6 Å². The number of aryl methyl sites for hydroxylation is 1. The first-order valence-corrected chi connectivity index (χ1v) is 5.14. The lowest BCUT2D eigenvalue weighted by atomic mass is 10.0. The number of benzene rings is 1. The van der Waals surface area contributed by atoms with Gasteiger partial charge in [-0.1, -0.05) is 6.07 Å². The van der Waals surface area contributed by atoms with Crippen LogP contribution < -0.4 is 5.73 Å². The Labute approximate surface area is 95.2 Å². The van der Waals surface area contributed by atoms with E-state index in [0.29, 0.717) is 10.0 Å². The molecule has 0 aliphatic carbocycles. The summed E-state index contributed by atoms with van der Waals surface area (Å²) in [6, 6.07) is 1.92. The predicted octanol–water partition coefficient (Wildman–Crippen LogP) is 1.85. The van der Waals surface area contributed by atoms with Crippen molar-refractivity contribution in [2.24, 2.45) is 5.73 Å². The quantitative estimate of drug-likeness (QED) is 0.885. The summed E-state index contributed by atoms with van der Waals surface area (Å²) in [5.41, 5.74) is 6.81. The van der Waals surface area contributed by atoms with Gasteiger partial charge in [-0.05, 0) is 46.5 Å². The number of carboxylic acid groups (broad SMARTS) is 1. The smallest absolute Gasteiger partial charge is 0.320 e. The topological polar surface area (TPSA) is 63.3 Å². The largest absolute Gasteiger partial charge is 0.480 e. The van der Waals surface area contributed by atoms with Gasteiger partial charge in [0.25, 0.3) is 0 Å². The van der Waals surface area contributed by atoms with Gasteiger partial charge in [-0.3, -0.25) is 4.79 Å². The van der Waals surface area contributed by atoms with Crippen LogP contribution in [0.25, 0.3) is 0 Å². The van der Waals surface area contributed by atoms with Gasteiger partial charge in [-0.25, -0.2) is 4.39 Å². The van der Waals surface area contributed by atoms with Gasteiger partial charge in [0.1, 0.15) is 11.9 Å². The summed E-state index contributed by atoms with van der Waals surface area (Å²) in [4.78, 5) is 10.6. The third-order valence-electron chi connectivity index (χ3n) is 2.17. The van der Waals surface area contributed by atoms with Crippen molar-refractivity contribution in [3.05, 3.63) is 33.5 Å². The van der Waals surface area contributed by atoms with Crippen LogP contribution in [0.3, 0.4) is 0 Å². The molecule has 0 radical (unpaired) electrons. The number of hydrogen-bond donors (Lipinski definition) is 2. The summed E-state index contributed by atoms with van der Waals surface area (Å²) in [7, 11) is 0. The molecule has 3 nitrogen and oxygen atoms in total. The van der Waals surface area contributed by atoms with E-state index in [1.165, 1.54) is 6.07 Å². The zero-order chi connectivity index (χ0) is 11.6. The molecule has 0 aliphatic rings. The van der Waals surface area contributed by atoms with E-state index in [1.807, 2.05) is 0 Å². The standard InChI is InChI=1S/C10H11BrFNO2/c1-5-2-3-7(12)9(11)6(5)4-8(13)10(14)15/h2-3,8H,4,13H2,1H3,(H,14,15). The Morgan fingerprint density at radius 3 is 2.80 bits per heavy atom. The molecule has 1 atom stereocenters. The van der Waals surface area contributed by atoms with Crippen LogP contribution in [-0.2, 0) is 11.2 Å². The number of hydrogen-bond acceptors (Lipinski definition) is 2. The third-order valence-corrected chi connectivity index (χ3v) is 3.03. The van der Waals surface area contributed by atoms with Crippen molar-refractivity contribution < 1.29 is 14.3 Å². The summed E-state index contributed by atoms with van der Waals surface area (Å²) >= 11 is 3.09. The van der Waals surface area contributed by atoms with Crippen LogP contribution in [0, 0.1) is 12.7 Å². The lowest BCUT2D eigenvalue weighted by molar-refractivity contribution is -0.138. The van der Waals surface area contributed by atoms with Gasteiger partial charge in [0, 0.05) is 0 Å². The van der Waals surface area contributed by atoms with Crippen molar-refractivity contribution in [1.29, 1.82) is 0 Å². The Morgan fingerprint density at radius 1 is 1.67 bits per heavy atom. The maximum Gasteiger partial charge on any atom is 0.320 e. The molecule has 5 heteroatoms. The van der Waals surface area contributed by atoms with Crippen LogP contribution >= 0.6 is 15.9 Å². The molecule has 0 aromatic heterocycles. The normalized spacial score (nSPS) is 12.5. The molecule has 3 N–H and O–H groups in total. The van der Waals surface area contributed by atoms with Crippen LogP contribution in [0.5, 0.6) is 0 Å². The van der Waals surface area contributed by atoms with Crippen molar-refractivity contribution in [3.8, 4) is 0 Å². The molecular weight excluding hydrogens is 265 g/mol. The van der Waals surface area contributed by atoms with Gasteiger partial charge >= 0.3 is 5.97 Å². The Hall–Kier alpha value is -0.940. The number of aliphatic carboxylic acids is 1. The lowest BCUT2D eigenvalue weighted by Crippen LogP contribution is -2.32. The van der Waals surface area contributed by atoms with Crippen molar-refractivity contribution in [1.82, 2.24) is 0 Å². The van der Waals surface area contributed by atoms with E-state index in [-0.39, 0.29) is 6.42 Å². The van der Waals surface area contributed by atoms with Gasteiger partial charge < -0.3 is 10.8 Å². The molecule has 1 rings (SSSR count). The van der Waals surface area contributed by atoms with Crippen molar-refractivity contribution in [2.75, 3.05) is 0 Å². The summed E-state index contributed by atoms with van der Waals surface area (Å²) in [5, 5.41) is 8.66. The minimum atomic E-state index is -1.09. The minimum Gasteiger partial charge on any atom is -0.480 e. The average Bonchev–Trinajstić information content (AvgIpc) is 2.18. The van der Waals surface area contributed by atoms with Gasteiger partial charge in [0.2, 0.25) is 0 Å². The first-order chi connectivity index (χ1) is 6.93. The van der Waals surface area contributed by atoms with E-state index in [1.54, 1.807) is 13.0 Å². The monoisotopic (exact) mass is 275 g/mol. The zero-order valence-corrected chi connectivity index (χ0v) is 9.71. The molecule has 0 spiro atoms. The minimum absolute atomic E-state index is 0.111. The molecule has 0 saturated heterocycles. The number of carbonyl (C=O) groups is 1. The molecule has 15 heavy (non-hydrogen) atoms. The molecular formula is C10H11BrFNO2. The highest BCUT2D eigenvalue weighted by atomic mass is 79.9. The number of halogens is 2. The van der Waals surface area contributed by atoms with E-state index in [0.717, 1.165) is 5.56 Å². The second-order valence-electron chi connectivity index (χ2n) is 3.31. The SMILES string of the molecule is Cc1ccc(F)c(Br)c1CC(N)C(=O)O. The first-order valence-electron chi connectivity index (χ1n) is 4.35. The third kappa shape index (κ3) is 2.76. The van der Waals surface area contributed by atoms with Gasteiger partial charge in [-0.15, -0.1) is 0 Å². The summed E-state index contributed by atoms with van der Waals surface area (Å²) in [6.45, 7) is 1.79.